The summed E-state index contributed by atoms with van der Waals surface area (Å²) in [4.78, 5) is 12.3. The monoisotopic (exact) mass is 282 g/mol. The Kier molecular flexibility index (Phi) is 3.93. The highest BCUT2D eigenvalue weighted by Crippen LogP contribution is 2.29. The van der Waals surface area contributed by atoms with E-state index in [1.165, 1.54) is 6.42 Å². The zero-order valence-corrected chi connectivity index (χ0v) is 12.3. The normalized spacial score (nSPS) is 17.6. The predicted molar refractivity (Wildman–Crippen MR) is 87.2 cm³/mol. The van der Waals surface area contributed by atoms with Crippen LogP contribution in [0.3, 0.4) is 0 Å². The Balaban J connectivity index is 1.74. The van der Waals surface area contributed by atoms with Gasteiger partial charge in [0.1, 0.15) is 0 Å². The van der Waals surface area contributed by atoms with Crippen LogP contribution in [-0.2, 0) is 4.79 Å². The minimum absolute atomic E-state index is 0.0238. The van der Waals surface area contributed by atoms with E-state index >= 15 is 0 Å². The minimum Gasteiger partial charge on any atom is -0.325 e. The second kappa shape index (κ2) is 5.86. The van der Waals surface area contributed by atoms with E-state index in [4.69, 9.17) is 5.73 Å². The van der Waals surface area contributed by atoms with Crippen molar-refractivity contribution in [3.8, 4) is 0 Å². The van der Waals surface area contributed by atoms with E-state index in [1.807, 2.05) is 30.3 Å². The van der Waals surface area contributed by atoms with Gasteiger partial charge in [-0.15, -0.1) is 0 Å². The summed E-state index contributed by atoms with van der Waals surface area (Å²) in [5, 5.41) is 5.25. The minimum atomic E-state index is -0.313. The van der Waals surface area contributed by atoms with Crippen LogP contribution in [0.5, 0.6) is 0 Å². The fraction of sp³-hybridized carbons (Fsp3) is 0.389. The van der Waals surface area contributed by atoms with Gasteiger partial charge in [0.05, 0.1) is 0 Å². The molecule has 0 atom stereocenters. The Morgan fingerprint density at radius 2 is 1.76 bits per heavy atom. The summed E-state index contributed by atoms with van der Waals surface area (Å²) in [5.41, 5.74) is 6.93. The Labute approximate surface area is 125 Å². The standard InChI is InChI=1S/C18H22N2O/c19-18(11-4-1-5-12-18)13-17(21)20-16-10-6-8-14-7-2-3-9-15(14)16/h2-3,6-10H,1,4-5,11-13,19H2,(H,20,21). The number of nitrogens with two attached hydrogens (primary N) is 1. The molecule has 3 heteroatoms. The van der Waals surface area contributed by atoms with Crippen LogP contribution < -0.4 is 11.1 Å². The molecule has 1 aliphatic rings. The number of carbonyl (C=O) groups excluding carboxylic acids is 1. The Morgan fingerprint density at radius 1 is 1.05 bits per heavy atom. The van der Waals surface area contributed by atoms with Crippen LogP contribution in [0, 0.1) is 0 Å². The van der Waals surface area contributed by atoms with Gasteiger partial charge in [0, 0.05) is 23.0 Å². The smallest absolute Gasteiger partial charge is 0.226 e. The Bertz CT molecular complexity index is 639. The van der Waals surface area contributed by atoms with Gasteiger partial charge < -0.3 is 11.1 Å². The topological polar surface area (TPSA) is 55.1 Å². The van der Waals surface area contributed by atoms with Gasteiger partial charge in [0.15, 0.2) is 0 Å². The number of carbonyl (C=O) groups is 1. The fourth-order valence-corrected chi connectivity index (χ4v) is 3.28. The lowest BCUT2D eigenvalue weighted by Gasteiger charge is -2.32. The lowest BCUT2D eigenvalue weighted by molar-refractivity contribution is -0.117. The maximum absolute atomic E-state index is 12.3. The molecule has 0 aromatic heterocycles. The molecule has 0 saturated heterocycles. The van der Waals surface area contributed by atoms with Crippen molar-refractivity contribution in [1.29, 1.82) is 0 Å². The second-order valence-corrected chi connectivity index (χ2v) is 6.17. The summed E-state index contributed by atoms with van der Waals surface area (Å²) >= 11 is 0. The van der Waals surface area contributed by atoms with Gasteiger partial charge >= 0.3 is 0 Å². The van der Waals surface area contributed by atoms with Crippen LogP contribution in [0.4, 0.5) is 5.69 Å². The molecule has 0 aliphatic heterocycles. The lowest BCUT2D eigenvalue weighted by atomic mass is 9.80. The average Bonchev–Trinajstić information content (AvgIpc) is 2.48. The number of fused-ring (bicyclic) bond motifs is 1. The molecule has 1 amide bonds. The molecule has 0 bridgehead atoms. The van der Waals surface area contributed by atoms with E-state index in [0.29, 0.717) is 6.42 Å². The molecule has 0 unspecified atom stereocenters. The molecule has 2 aromatic rings. The summed E-state index contributed by atoms with van der Waals surface area (Å²) in [5.74, 6) is 0.0238. The van der Waals surface area contributed by atoms with Crippen molar-refractivity contribution in [2.75, 3.05) is 5.32 Å². The third-order valence-electron chi connectivity index (χ3n) is 4.43. The van der Waals surface area contributed by atoms with Crippen LogP contribution in [0.15, 0.2) is 42.5 Å². The van der Waals surface area contributed by atoms with Crippen LogP contribution in [0.1, 0.15) is 38.5 Å². The van der Waals surface area contributed by atoms with Crippen molar-refractivity contribution in [2.45, 2.75) is 44.1 Å². The molecular weight excluding hydrogens is 260 g/mol. The average molecular weight is 282 g/mol. The van der Waals surface area contributed by atoms with Crippen LogP contribution in [0.25, 0.3) is 10.8 Å². The van der Waals surface area contributed by atoms with Crippen molar-refractivity contribution < 1.29 is 4.79 Å². The third-order valence-corrected chi connectivity index (χ3v) is 4.43. The SMILES string of the molecule is NC1(CC(=O)Nc2cccc3ccccc23)CCCCC1. The highest BCUT2D eigenvalue weighted by atomic mass is 16.1. The summed E-state index contributed by atoms with van der Waals surface area (Å²) in [7, 11) is 0. The molecule has 3 N–H and O–H groups in total. The van der Waals surface area contributed by atoms with Gasteiger partial charge in [0.2, 0.25) is 5.91 Å². The van der Waals surface area contributed by atoms with Gasteiger partial charge in [-0.05, 0) is 24.3 Å². The Hall–Kier alpha value is -1.87. The third kappa shape index (κ3) is 3.24. The molecule has 0 radical (unpaired) electrons. The lowest BCUT2D eigenvalue weighted by Crippen LogP contribution is -2.44. The van der Waals surface area contributed by atoms with Crippen molar-refractivity contribution in [3.63, 3.8) is 0 Å². The summed E-state index contributed by atoms with van der Waals surface area (Å²) in [6.07, 6.45) is 5.84. The molecule has 1 saturated carbocycles. The highest BCUT2D eigenvalue weighted by molar-refractivity contribution is 6.02. The number of nitrogens with one attached hydrogen (secondary N) is 1. The zero-order chi connectivity index (χ0) is 14.7. The number of hydrogen-bond donors (Lipinski definition) is 2. The molecule has 3 nitrogen and oxygen atoms in total. The molecule has 0 heterocycles. The first-order valence-electron chi connectivity index (χ1n) is 7.73. The quantitative estimate of drug-likeness (QED) is 0.899. The summed E-state index contributed by atoms with van der Waals surface area (Å²) in [6, 6.07) is 14.0. The molecule has 1 aliphatic carbocycles. The molecule has 110 valence electrons. The van der Waals surface area contributed by atoms with E-state index in [1.54, 1.807) is 0 Å². The van der Waals surface area contributed by atoms with Gasteiger partial charge in [-0.2, -0.15) is 0 Å². The molecule has 1 fully saturated rings. The molecule has 2 aromatic carbocycles. The summed E-state index contributed by atoms with van der Waals surface area (Å²) in [6.45, 7) is 0. The van der Waals surface area contributed by atoms with Crippen molar-refractivity contribution in [3.05, 3.63) is 42.5 Å². The number of hydrogen-bond acceptors (Lipinski definition) is 2. The van der Waals surface area contributed by atoms with Crippen LogP contribution in [0.2, 0.25) is 0 Å². The summed E-state index contributed by atoms with van der Waals surface area (Å²) < 4.78 is 0. The van der Waals surface area contributed by atoms with E-state index < -0.39 is 0 Å². The zero-order valence-electron chi connectivity index (χ0n) is 12.3. The maximum atomic E-state index is 12.3. The number of rotatable bonds is 3. The first-order chi connectivity index (χ1) is 10.2. The molecular formula is C18H22N2O. The van der Waals surface area contributed by atoms with Gasteiger partial charge in [-0.3, -0.25) is 4.79 Å². The number of amides is 1. The van der Waals surface area contributed by atoms with E-state index in [2.05, 4.69) is 17.4 Å². The first kappa shape index (κ1) is 14.1. The van der Waals surface area contributed by atoms with Crippen LogP contribution in [-0.4, -0.2) is 11.4 Å². The first-order valence-corrected chi connectivity index (χ1v) is 7.73. The largest absolute Gasteiger partial charge is 0.325 e. The van der Waals surface area contributed by atoms with E-state index in [-0.39, 0.29) is 11.4 Å². The Morgan fingerprint density at radius 3 is 2.57 bits per heavy atom. The van der Waals surface area contributed by atoms with E-state index in [0.717, 1.165) is 42.1 Å². The molecule has 0 spiro atoms. The number of anilines is 1. The van der Waals surface area contributed by atoms with Crippen molar-refractivity contribution in [1.82, 2.24) is 0 Å². The highest BCUT2D eigenvalue weighted by Gasteiger charge is 2.30. The van der Waals surface area contributed by atoms with Crippen LogP contribution >= 0.6 is 0 Å². The number of benzene rings is 2. The molecule has 21 heavy (non-hydrogen) atoms. The van der Waals surface area contributed by atoms with Gasteiger partial charge in [-0.1, -0.05) is 55.7 Å². The second-order valence-electron chi connectivity index (χ2n) is 6.17. The fourth-order valence-electron chi connectivity index (χ4n) is 3.28. The van der Waals surface area contributed by atoms with Gasteiger partial charge in [-0.25, -0.2) is 0 Å². The van der Waals surface area contributed by atoms with Crippen molar-refractivity contribution in [2.24, 2.45) is 5.73 Å². The van der Waals surface area contributed by atoms with Crippen molar-refractivity contribution >= 4 is 22.4 Å². The van der Waals surface area contributed by atoms with Gasteiger partial charge in [0.25, 0.3) is 0 Å². The predicted octanol–water partition coefficient (Wildman–Crippen LogP) is 3.83. The molecule has 3 rings (SSSR count). The maximum Gasteiger partial charge on any atom is 0.226 e. The van der Waals surface area contributed by atoms with E-state index in [9.17, 15) is 4.79 Å².